The van der Waals surface area contributed by atoms with Crippen molar-refractivity contribution in [1.29, 1.82) is 5.26 Å². The number of fused-ring (bicyclic) bond motifs is 1. The molecule has 0 bridgehead atoms. The number of nitriles is 1. The van der Waals surface area contributed by atoms with Crippen molar-refractivity contribution in [3.05, 3.63) is 66.3 Å². The van der Waals surface area contributed by atoms with E-state index in [4.69, 9.17) is 4.42 Å². The van der Waals surface area contributed by atoms with Crippen molar-refractivity contribution >= 4 is 38.4 Å². The molecule has 8 nitrogen and oxygen atoms in total. The minimum Gasteiger partial charge on any atom is -0.467 e. The zero-order valence-corrected chi connectivity index (χ0v) is 17.4. The first kappa shape index (κ1) is 20.3. The normalized spacial score (nSPS) is 23.9. The number of rotatable bonds is 5. The fourth-order valence-corrected chi connectivity index (χ4v) is 7.29. The van der Waals surface area contributed by atoms with Crippen molar-refractivity contribution in [3.8, 4) is 6.07 Å². The Labute approximate surface area is 178 Å². The van der Waals surface area contributed by atoms with E-state index in [9.17, 15) is 18.5 Å². The minimum absolute atomic E-state index is 0.0526. The largest absolute Gasteiger partial charge is 0.467 e. The second-order valence-corrected chi connectivity index (χ2v) is 10.2. The molecule has 4 rings (SSSR count). The van der Waals surface area contributed by atoms with Gasteiger partial charge in [0, 0.05) is 10.9 Å². The zero-order valence-electron chi connectivity index (χ0n) is 15.8. The second-order valence-electron chi connectivity index (χ2n) is 6.83. The SMILES string of the molecule is N#C/C(=C\N=C1S[C@H]2CS(=O)(=O)C[C@@H]2N1c1ccccc1)C(=O)NCc1ccco1. The van der Waals surface area contributed by atoms with Crippen LogP contribution in [0.4, 0.5) is 5.69 Å². The molecule has 0 saturated carbocycles. The summed E-state index contributed by atoms with van der Waals surface area (Å²) in [6.45, 7) is 0.161. The molecular formula is C20H18N4O4S2. The van der Waals surface area contributed by atoms with Gasteiger partial charge in [-0.3, -0.25) is 4.79 Å². The highest BCUT2D eigenvalue weighted by Gasteiger charge is 2.49. The number of carbonyl (C=O) groups is 1. The summed E-state index contributed by atoms with van der Waals surface area (Å²) in [6, 6.07) is 14.4. The monoisotopic (exact) mass is 442 g/mol. The summed E-state index contributed by atoms with van der Waals surface area (Å²) in [4.78, 5) is 18.6. The molecule has 2 saturated heterocycles. The maximum absolute atomic E-state index is 12.3. The van der Waals surface area contributed by atoms with Crippen LogP contribution in [0.1, 0.15) is 5.76 Å². The Kier molecular flexibility index (Phi) is 5.65. The van der Waals surface area contributed by atoms with Gasteiger partial charge in [0.1, 0.15) is 17.4 Å². The fraction of sp³-hybridized carbons (Fsp3) is 0.250. The molecule has 1 N–H and O–H groups in total. The summed E-state index contributed by atoms with van der Waals surface area (Å²) in [6.07, 6.45) is 2.73. The number of hydrogen-bond donors (Lipinski definition) is 1. The number of carbonyl (C=O) groups excluding carboxylic acids is 1. The van der Waals surface area contributed by atoms with E-state index in [1.54, 1.807) is 12.1 Å². The highest BCUT2D eigenvalue weighted by Crippen LogP contribution is 2.40. The van der Waals surface area contributed by atoms with Gasteiger partial charge in [-0.05, 0) is 24.3 Å². The smallest absolute Gasteiger partial charge is 0.263 e. The third-order valence-electron chi connectivity index (χ3n) is 4.77. The Morgan fingerprint density at radius 1 is 1.30 bits per heavy atom. The fourth-order valence-electron chi connectivity index (χ4n) is 3.40. The maximum atomic E-state index is 12.3. The van der Waals surface area contributed by atoms with E-state index in [1.165, 1.54) is 24.2 Å². The molecule has 0 unspecified atom stereocenters. The zero-order chi connectivity index (χ0) is 21.1. The predicted molar refractivity (Wildman–Crippen MR) is 114 cm³/mol. The number of sulfone groups is 1. The van der Waals surface area contributed by atoms with E-state index >= 15 is 0 Å². The lowest BCUT2D eigenvalue weighted by atomic mass is 10.2. The predicted octanol–water partition coefficient (Wildman–Crippen LogP) is 2.08. The topological polar surface area (TPSA) is 116 Å². The van der Waals surface area contributed by atoms with Gasteiger partial charge in [0.2, 0.25) is 0 Å². The third kappa shape index (κ3) is 4.27. The Morgan fingerprint density at radius 2 is 2.10 bits per heavy atom. The van der Waals surface area contributed by atoms with E-state index in [0.29, 0.717) is 10.9 Å². The van der Waals surface area contributed by atoms with E-state index in [0.717, 1.165) is 5.69 Å². The van der Waals surface area contributed by atoms with Gasteiger partial charge in [0.15, 0.2) is 15.0 Å². The Morgan fingerprint density at radius 3 is 2.80 bits per heavy atom. The first-order valence-corrected chi connectivity index (χ1v) is 11.9. The van der Waals surface area contributed by atoms with Crippen molar-refractivity contribution in [1.82, 2.24) is 5.32 Å². The number of furan rings is 1. The van der Waals surface area contributed by atoms with Crippen LogP contribution in [0.15, 0.2) is 69.9 Å². The third-order valence-corrected chi connectivity index (χ3v) is 8.00. The lowest BCUT2D eigenvalue weighted by Gasteiger charge is -2.24. The molecule has 10 heteroatoms. The van der Waals surface area contributed by atoms with Crippen molar-refractivity contribution in [2.45, 2.75) is 17.8 Å². The molecule has 2 aliphatic heterocycles. The summed E-state index contributed by atoms with van der Waals surface area (Å²) >= 11 is 1.36. The van der Waals surface area contributed by atoms with E-state index < -0.39 is 15.7 Å². The van der Waals surface area contributed by atoms with Gasteiger partial charge in [0.05, 0.1) is 36.6 Å². The molecule has 2 fully saturated rings. The van der Waals surface area contributed by atoms with Gasteiger partial charge in [-0.25, -0.2) is 13.4 Å². The summed E-state index contributed by atoms with van der Waals surface area (Å²) in [5.41, 5.74) is 0.676. The molecule has 0 spiro atoms. The summed E-state index contributed by atoms with van der Waals surface area (Å²) < 4.78 is 29.4. The first-order valence-electron chi connectivity index (χ1n) is 9.17. The number of hydrogen-bond acceptors (Lipinski definition) is 7. The van der Waals surface area contributed by atoms with Crippen LogP contribution in [0.5, 0.6) is 0 Å². The lowest BCUT2D eigenvalue weighted by molar-refractivity contribution is -0.117. The molecule has 2 atom stereocenters. The highest BCUT2D eigenvalue weighted by molar-refractivity contribution is 8.16. The molecule has 154 valence electrons. The van der Waals surface area contributed by atoms with Gasteiger partial charge >= 0.3 is 0 Å². The minimum atomic E-state index is -3.11. The molecule has 1 amide bonds. The average Bonchev–Trinajstić information content (AvgIpc) is 3.42. The van der Waals surface area contributed by atoms with Crippen LogP contribution in [-0.2, 0) is 21.2 Å². The molecule has 1 aromatic heterocycles. The van der Waals surface area contributed by atoms with Gasteiger partial charge in [0.25, 0.3) is 5.91 Å². The molecular weight excluding hydrogens is 424 g/mol. The van der Waals surface area contributed by atoms with Crippen LogP contribution >= 0.6 is 11.8 Å². The van der Waals surface area contributed by atoms with Crippen LogP contribution in [0.3, 0.4) is 0 Å². The first-order chi connectivity index (χ1) is 14.5. The maximum Gasteiger partial charge on any atom is 0.263 e. The number of para-hydroxylation sites is 1. The van der Waals surface area contributed by atoms with Crippen molar-refractivity contribution in [3.63, 3.8) is 0 Å². The van der Waals surface area contributed by atoms with E-state index in [2.05, 4.69) is 10.3 Å². The Bertz CT molecular complexity index is 1140. The van der Waals surface area contributed by atoms with Crippen LogP contribution in [-0.4, -0.2) is 42.3 Å². The van der Waals surface area contributed by atoms with Crippen LogP contribution in [0.2, 0.25) is 0 Å². The number of nitrogens with one attached hydrogen (secondary N) is 1. The Hall–Kier alpha value is -3.03. The van der Waals surface area contributed by atoms with Gasteiger partial charge in [-0.2, -0.15) is 5.26 Å². The number of anilines is 1. The van der Waals surface area contributed by atoms with Crippen LogP contribution in [0.25, 0.3) is 0 Å². The molecule has 30 heavy (non-hydrogen) atoms. The number of benzene rings is 1. The van der Waals surface area contributed by atoms with Crippen molar-refractivity contribution < 1.29 is 17.6 Å². The Balaban J connectivity index is 1.57. The summed E-state index contributed by atoms with van der Waals surface area (Å²) in [5.74, 6) is 0.151. The number of amides is 1. The molecule has 0 aliphatic carbocycles. The molecule has 0 radical (unpaired) electrons. The van der Waals surface area contributed by atoms with Crippen molar-refractivity contribution in [2.75, 3.05) is 16.4 Å². The van der Waals surface area contributed by atoms with Crippen LogP contribution < -0.4 is 10.2 Å². The summed E-state index contributed by atoms with van der Waals surface area (Å²) in [5, 5.41) is 12.4. The van der Waals surface area contributed by atoms with E-state index in [1.807, 2.05) is 41.3 Å². The highest BCUT2D eigenvalue weighted by atomic mass is 32.2. The summed E-state index contributed by atoms with van der Waals surface area (Å²) in [7, 11) is -3.11. The van der Waals surface area contributed by atoms with Crippen LogP contribution in [0, 0.1) is 11.3 Å². The average molecular weight is 443 g/mol. The van der Waals surface area contributed by atoms with E-state index in [-0.39, 0.29) is 34.9 Å². The van der Waals surface area contributed by atoms with Gasteiger partial charge in [-0.1, -0.05) is 30.0 Å². The van der Waals surface area contributed by atoms with Gasteiger partial charge in [-0.15, -0.1) is 0 Å². The standard InChI is InChI=1S/C20H18N4O4S2/c21-9-14(19(25)22-11-16-7-4-8-28-16)10-23-20-24(15-5-2-1-3-6-15)17-12-30(26,27)13-18(17)29-20/h1-8,10,17-18H,11-13H2,(H,22,25)/b14-10+,23-20?/t17-,18-/m0/s1. The lowest BCUT2D eigenvalue weighted by Crippen LogP contribution is -2.37. The van der Waals surface area contributed by atoms with Crippen molar-refractivity contribution in [2.24, 2.45) is 4.99 Å². The number of amidine groups is 1. The molecule has 1 aromatic carbocycles. The molecule has 2 aliphatic rings. The number of nitrogens with zero attached hydrogens (tertiary/aromatic N) is 3. The molecule has 2 aromatic rings. The van der Waals surface area contributed by atoms with Gasteiger partial charge < -0.3 is 14.6 Å². The second kappa shape index (κ2) is 8.38. The number of aliphatic imine (C=N–C) groups is 1. The number of thioether (sulfide) groups is 1. The molecule has 3 heterocycles. The quantitative estimate of drug-likeness (QED) is 0.557.